The maximum Gasteiger partial charge on any atom is 0.178 e. The Balaban J connectivity index is 2.43. The second-order valence-electron chi connectivity index (χ2n) is 4.15. The highest BCUT2D eigenvalue weighted by molar-refractivity contribution is 7.91. The van der Waals surface area contributed by atoms with Gasteiger partial charge in [0, 0.05) is 11.6 Å². The Morgan fingerprint density at radius 2 is 1.79 bits per heavy atom. The molecule has 1 heterocycles. The molecule has 5 nitrogen and oxygen atoms in total. The number of anilines is 1. The molecule has 0 unspecified atom stereocenters. The minimum absolute atomic E-state index is 0.0892. The van der Waals surface area contributed by atoms with Crippen molar-refractivity contribution in [1.29, 1.82) is 0 Å². The van der Waals surface area contributed by atoms with E-state index in [1.807, 2.05) is 0 Å². The molecule has 0 amide bonds. The van der Waals surface area contributed by atoms with Crippen LogP contribution in [-0.4, -0.2) is 24.1 Å². The van der Waals surface area contributed by atoms with Crippen molar-refractivity contribution >= 4 is 15.7 Å². The van der Waals surface area contributed by atoms with Gasteiger partial charge in [0.2, 0.25) is 0 Å². The monoisotopic (exact) mass is 277 g/mol. The van der Waals surface area contributed by atoms with E-state index < -0.39 is 9.84 Å². The molecule has 0 fully saturated rings. The Bertz CT molecular complexity index is 674. The molecule has 2 rings (SSSR count). The maximum absolute atomic E-state index is 11.7. The highest BCUT2D eigenvalue weighted by atomic mass is 32.2. The fourth-order valence-corrected chi connectivity index (χ4v) is 2.62. The van der Waals surface area contributed by atoms with Gasteiger partial charge < -0.3 is 5.73 Å². The van der Waals surface area contributed by atoms with Crippen molar-refractivity contribution in [3.8, 4) is 11.3 Å². The molecule has 1 aromatic carbocycles. The number of rotatable bonds is 3. The summed E-state index contributed by atoms with van der Waals surface area (Å²) in [5.74, 6) is 1.07. The summed E-state index contributed by atoms with van der Waals surface area (Å²) in [6, 6.07) is 8.29. The number of nitrogens with two attached hydrogens (primary N) is 1. The first-order valence-electron chi connectivity index (χ1n) is 5.87. The van der Waals surface area contributed by atoms with Gasteiger partial charge in [-0.25, -0.2) is 18.4 Å². The van der Waals surface area contributed by atoms with Gasteiger partial charge in [0.05, 0.1) is 16.3 Å². The van der Waals surface area contributed by atoms with E-state index in [1.165, 1.54) is 0 Å². The lowest BCUT2D eigenvalue weighted by Crippen LogP contribution is -2.03. The quantitative estimate of drug-likeness (QED) is 0.925. The molecule has 0 saturated heterocycles. The van der Waals surface area contributed by atoms with Gasteiger partial charge in [0.25, 0.3) is 0 Å². The molecule has 6 heteroatoms. The van der Waals surface area contributed by atoms with Crippen molar-refractivity contribution in [1.82, 2.24) is 9.97 Å². The zero-order chi connectivity index (χ0) is 14.0. The van der Waals surface area contributed by atoms with Gasteiger partial charge in [0.15, 0.2) is 9.84 Å². The molecule has 0 spiro atoms. The molecule has 2 aromatic rings. The molecular weight excluding hydrogens is 262 g/mol. The van der Waals surface area contributed by atoms with Crippen LogP contribution in [0.2, 0.25) is 0 Å². The summed E-state index contributed by atoms with van der Waals surface area (Å²) < 4.78 is 23.4. The summed E-state index contributed by atoms with van der Waals surface area (Å²) in [7, 11) is -3.17. The number of hydrogen-bond acceptors (Lipinski definition) is 5. The maximum atomic E-state index is 11.7. The van der Waals surface area contributed by atoms with E-state index in [0.29, 0.717) is 22.2 Å². The summed E-state index contributed by atoms with van der Waals surface area (Å²) in [6.07, 6.45) is 0. The van der Waals surface area contributed by atoms with Crippen LogP contribution in [0.3, 0.4) is 0 Å². The summed E-state index contributed by atoms with van der Waals surface area (Å²) in [4.78, 5) is 8.59. The molecule has 1 aromatic heterocycles. The number of nitrogens with zero attached hydrogens (tertiary/aromatic N) is 2. The standard InChI is InChI=1S/C13H15N3O2S/c1-3-19(17,18)11-6-4-10(5-7-11)12-8-13(14)16-9(2)15-12/h4-8H,3H2,1-2H3,(H2,14,15,16). The lowest BCUT2D eigenvalue weighted by Gasteiger charge is -2.05. The zero-order valence-electron chi connectivity index (χ0n) is 10.8. The third-order valence-electron chi connectivity index (χ3n) is 2.75. The zero-order valence-corrected chi connectivity index (χ0v) is 11.6. The number of aromatic nitrogens is 2. The molecular formula is C13H15N3O2S. The number of nitrogen functional groups attached to an aromatic ring is 1. The van der Waals surface area contributed by atoms with Gasteiger partial charge in [-0.05, 0) is 19.1 Å². The van der Waals surface area contributed by atoms with E-state index in [-0.39, 0.29) is 5.75 Å². The van der Waals surface area contributed by atoms with Crippen molar-refractivity contribution in [2.24, 2.45) is 0 Å². The number of hydrogen-bond donors (Lipinski definition) is 1. The topological polar surface area (TPSA) is 85.9 Å². The predicted molar refractivity (Wildman–Crippen MR) is 74.3 cm³/mol. The third kappa shape index (κ3) is 2.90. The second-order valence-corrected chi connectivity index (χ2v) is 6.43. The molecule has 2 N–H and O–H groups in total. The lowest BCUT2D eigenvalue weighted by atomic mass is 10.1. The SMILES string of the molecule is CCS(=O)(=O)c1ccc(-c2cc(N)nc(C)n2)cc1. The van der Waals surface area contributed by atoms with Crippen molar-refractivity contribution in [3.63, 3.8) is 0 Å². The summed E-state index contributed by atoms with van der Waals surface area (Å²) in [5.41, 5.74) is 7.17. The smallest absolute Gasteiger partial charge is 0.178 e. The highest BCUT2D eigenvalue weighted by Crippen LogP contribution is 2.21. The third-order valence-corrected chi connectivity index (χ3v) is 4.50. The molecule has 0 aliphatic rings. The van der Waals surface area contributed by atoms with Crippen LogP contribution < -0.4 is 5.73 Å². The van der Waals surface area contributed by atoms with Gasteiger partial charge in [0.1, 0.15) is 11.6 Å². The van der Waals surface area contributed by atoms with E-state index >= 15 is 0 Å². The summed E-state index contributed by atoms with van der Waals surface area (Å²) >= 11 is 0. The molecule has 0 atom stereocenters. The van der Waals surface area contributed by atoms with E-state index in [2.05, 4.69) is 9.97 Å². The van der Waals surface area contributed by atoms with E-state index in [4.69, 9.17) is 5.73 Å². The number of sulfone groups is 1. The second kappa shape index (κ2) is 4.97. The van der Waals surface area contributed by atoms with Gasteiger partial charge >= 0.3 is 0 Å². The highest BCUT2D eigenvalue weighted by Gasteiger charge is 2.11. The van der Waals surface area contributed by atoms with Gasteiger partial charge in [-0.2, -0.15) is 0 Å². The lowest BCUT2D eigenvalue weighted by molar-refractivity contribution is 0.597. The molecule has 100 valence electrons. The molecule has 0 saturated carbocycles. The molecule has 0 aliphatic carbocycles. The van der Waals surface area contributed by atoms with Crippen molar-refractivity contribution in [2.45, 2.75) is 18.7 Å². The van der Waals surface area contributed by atoms with E-state index in [1.54, 1.807) is 44.2 Å². The van der Waals surface area contributed by atoms with Crippen molar-refractivity contribution < 1.29 is 8.42 Å². The Morgan fingerprint density at radius 1 is 1.16 bits per heavy atom. The van der Waals surface area contributed by atoms with Crippen molar-refractivity contribution in [3.05, 3.63) is 36.2 Å². The first kappa shape index (κ1) is 13.5. The Labute approximate surface area is 112 Å². The molecule has 0 radical (unpaired) electrons. The van der Waals surface area contributed by atoms with E-state index in [0.717, 1.165) is 5.56 Å². The summed E-state index contributed by atoms with van der Waals surface area (Å²) in [5, 5.41) is 0. The first-order chi connectivity index (χ1) is 8.92. The van der Waals surface area contributed by atoms with Crippen LogP contribution in [0.5, 0.6) is 0 Å². The number of benzene rings is 1. The van der Waals surface area contributed by atoms with E-state index in [9.17, 15) is 8.42 Å². The normalized spacial score (nSPS) is 11.5. The van der Waals surface area contributed by atoms with Crippen LogP contribution in [0.1, 0.15) is 12.7 Å². The average molecular weight is 277 g/mol. The van der Waals surface area contributed by atoms with Crippen LogP contribution in [0, 0.1) is 6.92 Å². The molecule has 0 bridgehead atoms. The Morgan fingerprint density at radius 3 is 2.32 bits per heavy atom. The van der Waals surface area contributed by atoms with Crippen LogP contribution in [0.15, 0.2) is 35.2 Å². The largest absolute Gasteiger partial charge is 0.384 e. The minimum atomic E-state index is -3.17. The predicted octanol–water partition coefficient (Wildman–Crippen LogP) is 1.83. The van der Waals surface area contributed by atoms with Gasteiger partial charge in [-0.15, -0.1) is 0 Å². The fourth-order valence-electron chi connectivity index (χ4n) is 1.74. The van der Waals surface area contributed by atoms with Gasteiger partial charge in [-0.3, -0.25) is 0 Å². The summed E-state index contributed by atoms with van der Waals surface area (Å²) in [6.45, 7) is 3.38. The first-order valence-corrected chi connectivity index (χ1v) is 7.52. The Kier molecular flexibility index (Phi) is 3.53. The molecule has 19 heavy (non-hydrogen) atoms. The molecule has 0 aliphatic heterocycles. The van der Waals surface area contributed by atoms with Crippen LogP contribution >= 0.6 is 0 Å². The Hall–Kier alpha value is -1.95. The van der Waals surface area contributed by atoms with Crippen LogP contribution in [-0.2, 0) is 9.84 Å². The number of aryl methyl sites for hydroxylation is 1. The average Bonchev–Trinajstić information content (AvgIpc) is 2.38. The minimum Gasteiger partial charge on any atom is -0.384 e. The van der Waals surface area contributed by atoms with Crippen molar-refractivity contribution in [2.75, 3.05) is 11.5 Å². The van der Waals surface area contributed by atoms with Crippen LogP contribution in [0.25, 0.3) is 11.3 Å². The fraction of sp³-hybridized carbons (Fsp3) is 0.231. The van der Waals surface area contributed by atoms with Crippen LogP contribution in [0.4, 0.5) is 5.82 Å². The van der Waals surface area contributed by atoms with Gasteiger partial charge in [-0.1, -0.05) is 19.1 Å².